The second-order valence-corrected chi connectivity index (χ2v) is 3.39. The van der Waals surface area contributed by atoms with Crippen LogP contribution in [0.5, 0.6) is 0 Å². The van der Waals surface area contributed by atoms with Gasteiger partial charge in [-0.1, -0.05) is 30.3 Å². The van der Waals surface area contributed by atoms with E-state index >= 15 is 0 Å². The Bertz CT molecular complexity index is 384. The molecule has 1 fully saturated rings. The van der Waals surface area contributed by atoms with Crippen molar-refractivity contribution in [3.05, 3.63) is 41.8 Å². The first-order valence-corrected chi connectivity index (χ1v) is 4.92. The molecule has 78 valence electrons. The zero-order chi connectivity index (χ0) is 10.7. The quantitative estimate of drug-likeness (QED) is 0.554. The van der Waals surface area contributed by atoms with Gasteiger partial charge in [-0.15, -0.1) is 0 Å². The summed E-state index contributed by atoms with van der Waals surface area (Å²) in [4.78, 5) is 12.9. The summed E-state index contributed by atoms with van der Waals surface area (Å²) >= 11 is 0. The number of carbonyl (C=O) groups excluding carboxylic acids is 1. The molecule has 0 N–H and O–H groups in total. The van der Waals surface area contributed by atoms with Crippen LogP contribution < -0.4 is 0 Å². The van der Waals surface area contributed by atoms with Crippen molar-refractivity contribution in [2.75, 3.05) is 13.7 Å². The molecule has 1 aliphatic heterocycles. The monoisotopic (exact) mass is 203 g/mol. The minimum Gasteiger partial charge on any atom is -0.482 e. The van der Waals surface area contributed by atoms with Crippen LogP contribution >= 0.6 is 0 Å². The maximum absolute atomic E-state index is 11.2. The van der Waals surface area contributed by atoms with Crippen LogP contribution in [0.15, 0.2) is 36.2 Å². The van der Waals surface area contributed by atoms with Crippen LogP contribution in [-0.2, 0) is 9.53 Å². The highest BCUT2D eigenvalue weighted by Crippen LogP contribution is 2.19. The van der Waals surface area contributed by atoms with Gasteiger partial charge in [0.2, 0.25) is 5.91 Å². The molecule has 1 saturated heterocycles. The second kappa shape index (κ2) is 4.17. The van der Waals surface area contributed by atoms with E-state index in [4.69, 9.17) is 4.74 Å². The van der Waals surface area contributed by atoms with Gasteiger partial charge in [-0.25, -0.2) is 0 Å². The molecule has 0 radical (unpaired) electrons. The summed E-state index contributed by atoms with van der Waals surface area (Å²) in [6, 6.07) is 9.82. The van der Waals surface area contributed by atoms with E-state index in [1.54, 1.807) is 12.0 Å². The van der Waals surface area contributed by atoms with Crippen LogP contribution in [0.3, 0.4) is 0 Å². The molecule has 3 heteroatoms. The normalized spacial score (nSPS) is 16.2. The first kappa shape index (κ1) is 9.77. The summed E-state index contributed by atoms with van der Waals surface area (Å²) in [7, 11) is 1.58. The number of likely N-dealkylation sites (tertiary alicyclic amines) is 1. The van der Waals surface area contributed by atoms with Crippen LogP contribution in [0.25, 0.3) is 6.08 Å². The molecule has 0 saturated carbocycles. The van der Waals surface area contributed by atoms with E-state index in [9.17, 15) is 4.79 Å². The molecule has 1 aromatic rings. The van der Waals surface area contributed by atoms with Crippen molar-refractivity contribution in [2.45, 2.75) is 6.42 Å². The number of nitrogens with zero attached hydrogens (tertiary/aromatic N) is 1. The number of carbonyl (C=O) groups is 1. The van der Waals surface area contributed by atoms with E-state index in [1.807, 2.05) is 36.4 Å². The van der Waals surface area contributed by atoms with Crippen LogP contribution in [-0.4, -0.2) is 24.5 Å². The van der Waals surface area contributed by atoms with Gasteiger partial charge in [0.1, 0.15) is 0 Å². The molecule has 1 aromatic carbocycles. The maximum Gasteiger partial charge on any atom is 0.231 e. The molecule has 0 atom stereocenters. The molecule has 0 aliphatic carbocycles. The van der Waals surface area contributed by atoms with Gasteiger partial charge in [-0.05, 0) is 5.56 Å². The van der Waals surface area contributed by atoms with Crippen LogP contribution in [0, 0.1) is 0 Å². The van der Waals surface area contributed by atoms with Gasteiger partial charge in [-0.3, -0.25) is 9.69 Å². The average molecular weight is 203 g/mol. The Kier molecular flexibility index (Phi) is 2.72. The molecule has 0 spiro atoms. The van der Waals surface area contributed by atoms with Crippen LogP contribution in [0.2, 0.25) is 0 Å². The summed E-state index contributed by atoms with van der Waals surface area (Å²) in [5, 5.41) is 0. The third kappa shape index (κ3) is 2.01. The average Bonchev–Trinajstić information content (AvgIpc) is 2.27. The third-order valence-corrected chi connectivity index (χ3v) is 2.42. The van der Waals surface area contributed by atoms with E-state index in [-0.39, 0.29) is 5.91 Å². The molecule has 15 heavy (non-hydrogen) atoms. The van der Waals surface area contributed by atoms with E-state index in [1.165, 1.54) is 0 Å². The standard InChI is InChI=1S/C12H13NO2/c1-15-12(13-8-7-11(13)14)9-10-5-3-2-4-6-10/h2-6,9H,7-8H2,1H3. The summed E-state index contributed by atoms with van der Waals surface area (Å²) in [5.41, 5.74) is 1.04. The van der Waals surface area contributed by atoms with Gasteiger partial charge in [0, 0.05) is 19.0 Å². The fourth-order valence-corrected chi connectivity index (χ4v) is 1.49. The largest absolute Gasteiger partial charge is 0.482 e. The Balaban J connectivity index is 2.19. The van der Waals surface area contributed by atoms with Gasteiger partial charge >= 0.3 is 0 Å². The van der Waals surface area contributed by atoms with Crippen molar-refractivity contribution in [2.24, 2.45) is 0 Å². The van der Waals surface area contributed by atoms with Crippen molar-refractivity contribution in [3.8, 4) is 0 Å². The smallest absolute Gasteiger partial charge is 0.231 e. The van der Waals surface area contributed by atoms with Crippen molar-refractivity contribution in [1.29, 1.82) is 0 Å². The van der Waals surface area contributed by atoms with Gasteiger partial charge in [-0.2, -0.15) is 0 Å². The third-order valence-electron chi connectivity index (χ3n) is 2.42. The molecule has 1 amide bonds. The topological polar surface area (TPSA) is 29.5 Å². The summed E-state index contributed by atoms with van der Waals surface area (Å²) in [6.45, 7) is 0.755. The molecule has 2 rings (SSSR count). The van der Waals surface area contributed by atoms with Crippen LogP contribution in [0.4, 0.5) is 0 Å². The lowest BCUT2D eigenvalue weighted by Crippen LogP contribution is -2.42. The molecular weight excluding hydrogens is 190 g/mol. The summed E-state index contributed by atoms with van der Waals surface area (Å²) in [5.74, 6) is 0.747. The molecular formula is C12H13NO2. The molecule has 3 nitrogen and oxygen atoms in total. The van der Waals surface area contributed by atoms with E-state index in [0.29, 0.717) is 12.3 Å². The molecule has 1 heterocycles. The summed E-state index contributed by atoms with van der Waals surface area (Å²) < 4.78 is 5.19. The minimum absolute atomic E-state index is 0.124. The number of amides is 1. The number of rotatable bonds is 3. The number of benzene rings is 1. The first-order chi connectivity index (χ1) is 7.31. The van der Waals surface area contributed by atoms with E-state index in [2.05, 4.69) is 0 Å². The van der Waals surface area contributed by atoms with Gasteiger partial charge in [0.25, 0.3) is 0 Å². The molecule has 0 aromatic heterocycles. The highest BCUT2D eigenvalue weighted by atomic mass is 16.5. The Morgan fingerprint density at radius 3 is 2.60 bits per heavy atom. The second-order valence-electron chi connectivity index (χ2n) is 3.39. The number of hydrogen-bond acceptors (Lipinski definition) is 2. The van der Waals surface area contributed by atoms with Crippen LogP contribution in [0.1, 0.15) is 12.0 Å². The zero-order valence-corrected chi connectivity index (χ0v) is 8.64. The van der Waals surface area contributed by atoms with Gasteiger partial charge in [0.05, 0.1) is 7.11 Å². The lowest BCUT2D eigenvalue weighted by molar-refractivity contribution is -0.139. The maximum atomic E-state index is 11.2. The highest BCUT2D eigenvalue weighted by Gasteiger charge is 2.27. The zero-order valence-electron chi connectivity index (χ0n) is 8.64. The fraction of sp³-hybridized carbons (Fsp3) is 0.250. The number of hydrogen-bond donors (Lipinski definition) is 0. The Hall–Kier alpha value is -1.77. The number of β-lactam (4-membered cyclic amide) rings is 1. The molecule has 0 unspecified atom stereocenters. The number of methoxy groups -OCH3 is 1. The lowest BCUT2D eigenvalue weighted by atomic mass is 10.2. The van der Waals surface area contributed by atoms with E-state index in [0.717, 1.165) is 12.1 Å². The van der Waals surface area contributed by atoms with Crippen molar-refractivity contribution < 1.29 is 9.53 Å². The van der Waals surface area contributed by atoms with E-state index < -0.39 is 0 Å². The first-order valence-electron chi connectivity index (χ1n) is 4.92. The summed E-state index contributed by atoms with van der Waals surface area (Å²) in [6.07, 6.45) is 2.49. The Labute approximate surface area is 89.0 Å². The Morgan fingerprint density at radius 1 is 1.40 bits per heavy atom. The SMILES string of the molecule is COC(=Cc1ccccc1)N1CCC1=O. The van der Waals surface area contributed by atoms with Crippen molar-refractivity contribution in [1.82, 2.24) is 4.90 Å². The Morgan fingerprint density at radius 2 is 2.13 bits per heavy atom. The highest BCUT2D eigenvalue weighted by molar-refractivity contribution is 5.84. The number of ether oxygens (including phenoxy) is 1. The predicted molar refractivity (Wildman–Crippen MR) is 57.8 cm³/mol. The minimum atomic E-state index is 0.124. The fourth-order valence-electron chi connectivity index (χ4n) is 1.49. The molecule has 0 bridgehead atoms. The molecule has 1 aliphatic rings. The van der Waals surface area contributed by atoms with Gasteiger partial charge < -0.3 is 4.74 Å². The van der Waals surface area contributed by atoms with Crippen molar-refractivity contribution in [3.63, 3.8) is 0 Å². The predicted octanol–water partition coefficient (Wildman–Crippen LogP) is 1.86. The van der Waals surface area contributed by atoms with Gasteiger partial charge in [0.15, 0.2) is 5.88 Å². The van der Waals surface area contributed by atoms with Crippen molar-refractivity contribution >= 4 is 12.0 Å². The lowest BCUT2D eigenvalue weighted by Gasteiger charge is -2.31.